The molecule has 0 saturated heterocycles. The van der Waals surface area contributed by atoms with E-state index in [9.17, 15) is 14.4 Å². The Morgan fingerprint density at radius 3 is 2.06 bits per heavy atom. The van der Waals surface area contributed by atoms with E-state index in [1.807, 2.05) is 48.5 Å². The summed E-state index contributed by atoms with van der Waals surface area (Å²) >= 11 is 0. The maximum atomic E-state index is 13.1. The second-order valence-corrected chi connectivity index (χ2v) is 7.68. The van der Waals surface area contributed by atoms with Gasteiger partial charge < -0.3 is 25.0 Å². The van der Waals surface area contributed by atoms with E-state index < -0.39 is 30.6 Å². The number of benzene rings is 3. The van der Waals surface area contributed by atoms with Gasteiger partial charge in [0.15, 0.2) is 0 Å². The van der Waals surface area contributed by atoms with Crippen LogP contribution in [0.15, 0.2) is 66.7 Å². The van der Waals surface area contributed by atoms with Crippen molar-refractivity contribution in [2.24, 2.45) is 0 Å². The zero-order valence-electron chi connectivity index (χ0n) is 18.7. The SMILES string of the molecule is O=C(NC(=O)c1c(OCCO)cccc1OC(=O)CCO)NC1c2ccccc2-c2ccccc21. The van der Waals surface area contributed by atoms with Gasteiger partial charge in [0.2, 0.25) is 0 Å². The number of fused-ring (bicyclic) bond motifs is 3. The molecule has 0 saturated carbocycles. The minimum atomic E-state index is -0.859. The lowest BCUT2D eigenvalue weighted by atomic mass is 10.1. The molecular weight excluding hydrogens is 452 g/mol. The molecule has 0 bridgehead atoms. The van der Waals surface area contributed by atoms with E-state index in [1.165, 1.54) is 18.2 Å². The lowest BCUT2D eigenvalue weighted by Crippen LogP contribution is -2.41. The molecule has 0 heterocycles. The molecule has 1 aliphatic carbocycles. The molecule has 3 amide bonds. The molecule has 4 N–H and O–H groups in total. The van der Waals surface area contributed by atoms with Gasteiger partial charge in [-0.3, -0.25) is 14.9 Å². The van der Waals surface area contributed by atoms with Gasteiger partial charge in [0.05, 0.1) is 25.7 Å². The van der Waals surface area contributed by atoms with Gasteiger partial charge in [-0.15, -0.1) is 0 Å². The molecule has 3 aromatic carbocycles. The summed E-state index contributed by atoms with van der Waals surface area (Å²) in [5.41, 5.74) is 3.62. The molecule has 9 nitrogen and oxygen atoms in total. The quantitative estimate of drug-likeness (QED) is 0.290. The zero-order chi connectivity index (χ0) is 24.8. The third-order valence-corrected chi connectivity index (χ3v) is 5.44. The second-order valence-electron chi connectivity index (χ2n) is 7.68. The Hall–Kier alpha value is -4.21. The first-order chi connectivity index (χ1) is 17.0. The number of esters is 1. The molecule has 0 fully saturated rings. The van der Waals surface area contributed by atoms with Gasteiger partial charge >= 0.3 is 12.0 Å². The monoisotopic (exact) mass is 476 g/mol. The first-order valence-corrected chi connectivity index (χ1v) is 11.0. The first-order valence-electron chi connectivity index (χ1n) is 11.0. The van der Waals surface area contributed by atoms with E-state index in [4.69, 9.17) is 19.7 Å². The van der Waals surface area contributed by atoms with Crippen LogP contribution in [0, 0.1) is 0 Å². The molecule has 180 valence electrons. The van der Waals surface area contributed by atoms with E-state index in [-0.39, 0.29) is 36.7 Å². The van der Waals surface area contributed by atoms with Crippen molar-refractivity contribution in [3.8, 4) is 22.6 Å². The molecule has 0 unspecified atom stereocenters. The number of aliphatic hydroxyl groups excluding tert-OH is 2. The van der Waals surface area contributed by atoms with Crippen molar-refractivity contribution in [1.29, 1.82) is 0 Å². The standard InChI is InChI=1S/C26H24N2O7/c29-13-12-22(31)35-21-11-5-10-20(34-15-14-30)23(21)25(32)28-26(33)27-24-18-8-3-1-6-16(18)17-7-2-4-9-19(17)24/h1-11,24,29-30H,12-15H2,(H2,27,28,32,33). The van der Waals surface area contributed by atoms with Crippen LogP contribution in [0.1, 0.15) is 33.9 Å². The van der Waals surface area contributed by atoms with Crippen LogP contribution in [0.2, 0.25) is 0 Å². The fourth-order valence-corrected chi connectivity index (χ4v) is 4.00. The molecule has 35 heavy (non-hydrogen) atoms. The highest BCUT2D eigenvalue weighted by atomic mass is 16.5. The second kappa shape index (κ2) is 10.8. The van der Waals surface area contributed by atoms with Crippen molar-refractivity contribution in [3.63, 3.8) is 0 Å². The van der Waals surface area contributed by atoms with Gasteiger partial charge in [-0.25, -0.2) is 4.79 Å². The summed E-state index contributed by atoms with van der Waals surface area (Å²) < 4.78 is 10.6. The average Bonchev–Trinajstić information content (AvgIpc) is 3.16. The molecule has 9 heteroatoms. The fourth-order valence-electron chi connectivity index (χ4n) is 4.00. The fraction of sp³-hybridized carbons (Fsp3) is 0.192. The Kier molecular flexibility index (Phi) is 7.39. The number of nitrogens with one attached hydrogen (secondary N) is 2. The highest BCUT2D eigenvalue weighted by Crippen LogP contribution is 2.43. The van der Waals surface area contributed by atoms with Crippen molar-refractivity contribution in [2.75, 3.05) is 19.8 Å². The number of ether oxygens (including phenoxy) is 2. The number of hydrogen-bond acceptors (Lipinski definition) is 7. The van der Waals surface area contributed by atoms with Crippen LogP contribution in [0.5, 0.6) is 11.5 Å². The lowest BCUT2D eigenvalue weighted by Gasteiger charge is -2.18. The van der Waals surface area contributed by atoms with E-state index in [0.29, 0.717) is 0 Å². The maximum Gasteiger partial charge on any atom is 0.322 e. The Balaban J connectivity index is 1.57. The molecule has 0 aromatic heterocycles. The van der Waals surface area contributed by atoms with E-state index in [0.717, 1.165) is 22.3 Å². The summed E-state index contributed by atoms with van der Waals surface area (Å²) in [7, 11) is 0. The Bertz CT molecular complexity index is 1210. The van der Waals surface area contributed by atoms with Crippen LogP contribution in [-0.2, 0) is 4.79 Å². The number of imide groups is 1. The summed E-state index contributed by atoms with van der Waals surface area (Å²) in [6, 6.07) is 18.5. The largest absolute Gasteiger partial charge is 0.490 e. The topological polar surface area (TPSA) is 134 Å². The molecule has 0 radical (unpaired) electrons. The zero-order valence-corrected chi connectivity index (χ0v) is 18.7. The van der Waals surface area contributed by atoms with Gasteiger partial charge in [0.25, 0.3) is 5.91 Å². The summed E-state index contributed by atoms with van der Waals surface area (Å²) in [6.45, 7) is -0.847. The number of carbonyl (C=O) groups excluding carboxylic acids is 3. The van der Waals surface area contributed by atoms with Crippen LogP contribution in [0.4, 0.5) is 4.79 Å². The van der Waals surface area contributed by atoms with Crippen molar-refractivity contribution < 1.29 is 34.1 Å². The van der Waals surface area contributed by atoms with Crippen molar-refractivity contribution in [2.45, 2.75) is 12.5 Å². The predicted octanol–water partition coefficient (Wildman–Crippen LogP) is 2.55. The normalized spacial score (nSPS) is 11.8. The molecule has 4 rings (SSSR count). The number of hydrogen-bond donors (Lipinski definition) is 4. The highest BCUT2D eigenvalue weighted by Gasteiger charge is 2.30. The number of amides is 3. The van der Waals surface area contributed by atoms with Gasteiger partial charge in [-0.05, 0) is 34.4 Å². The Labute approximate surface area is 201 Å². The van der Waals surface area contributed by atoms with Crippen LogP contribution in [0.3, 0.4) is 0 Å². The number of urea groups is 1. The first kappa shape index (κ1) is 23.9. The molecule has 0 aliphatic heterocycles. The van der Waals surface area contributed by atoms with E-state index in [1.54, 1.807) is 0 Å². The molecule has 3 aromatic rings. The van der Waals surface area contributed by atoms with Crippen molar-refractivity contribution in [3.05, 3.63) is 83.4 Å². The average molecular weight is 476 g/mol. The van der Waals surface area contributed by atoms with Crippen molar-refractivity contribution >= 4 is 17.9 Å². The van der Waals surface area contributed by atoms with E-state index >= 15 is 0 Å². The third-order valence-electron chi connectivity index (χ3n) is 5.44. The molecule has 1 aliphatic rings. The van der Waals surface area contributed by atoms with E-state index in [2.05, 4.69) is 10.6 Å². The van der Waals surface area contributed by atoms with Crippen LogP contribution in [0.25, 0.3) is 11.1 Å². The van der Waals surface area contributed by atoms with Gasteiger partial charge in [0.1, 0.15) is 23.7 Å². The number of aliphatic hydroxyl groups is 2. The Morgan fingerprint density at radius 1 is 0.800 bits per heavy atom. The summed E-state index contributed by atoms with van der Waals surface area (Å²) in [5, 5.41) is 23.2. The summed E-state index contributed by atoms with van der Waals surface area (Å²) in [4.78, 5) is 37.9. The van der Waals surface area contributed by atoms with Gasteiger partial charge in [-0.1, -0.05) is 54.6 Å². The summed E-state index contributed by atoms with van der Waals surface area (Å²) in [5.74, 6) is -1.73. The minimum absolute atomic E-state index is 0.0233. The number of carbonyl (C=O) groups is 3. The van der Waals surface area contributed by atoms with Crippen LogP contribution < -0.4 is 20.1 Å². The summed E-state index contributed by atoms with van der Waals surface area (Å²) in [6.07, 6.45) is -0.274. The molecular formula is C26H24N2O7. The predicted molar refractivity (Wildman–Crippen MR) is 126 cm³/mol. The number of rotatable bonds is 8. The third kappa shape index (κ3) is 5.16. The van der Waals surface area contributed by atoms with Gasteiger partial charge in [0, 0.05) is 0 Å². The molecule has 0 spiro atoms. The maximum absolute atomic E-state index is 13.1. The van der Waals surface area contributed by atoms with Gasteiger partial charge in [-0.2, -0.15) is 0 Å². The lowest BCUT2D eigenvalue weighted by molar-refractivity contribution is -0.135. The smallest absolute Gasteiger partial charge is 0.322 e. The minimum Gasteiger partial charge on any atom is -0.490 e. The van der Waals surface area contributed by atoms with Crippen molar-refractivity contribution in [1.82, 2.24) is 10.6 Å². The van der Waals surface area contributed by atoms with Crippen LogP contribution >= 0.6 is 0 Å². The highest BCUT2D eigenvalue weighted by molar-refractivity contribution is 6.08. The Morgan fingerprint density at radius 2 is 1.43 bits per heavy atom. The van der Waals surface area contributed by atoms with Crippen LogP contribution in [-0.4, -0.2) is 47.9 Å². The molecule has 0 atom stereocenters.